The van der Waals surface area contributed by atoms with Crippen LogP contribution in [0.5, 0.6) is 5.75 Å². The zero-order valence-electron chi connectivity index (χ0n) is 10.3. The molecule has 6 nitrogen and oxygen atoms in total. The molecule has 0 unspecified atom stereocenters. The number of nitrogens with zero attached hydrogens (tertiary/aromatic N) is 1. The molecule has 0 spiro atoms. The molecule has 0 amide bonds. The lowest BCUT2D eigenvalue weighted by atomic mass is 10.1. The highest BCUT2D eigenvalue weighted by Gasteiger charge is 2.10. The van der Waals surface area contributed by atoms with Gasteiger partial charge in [0.1, 0.15) is 12.4 Å². The van der Waals surface area contributed by atoms with Crippen LogP contribution in [0.3, 0.4) is 0 Å². The Kier molecular flexibility index (Phi) is 4.82. The Bertz CT molecular complexity index is 548. The van der Waals surface area contributed by atoms with Crippen LogP contribution in [-0.2, 0) is 4.79 Å². The number of hydrogen-bond donors (Lipinski definition) is 1. The van der Waals surface area contributed by atoms with E-state index in [0.717, 1.165) is 11.6 Å². The monoisotopic (exact) mass is 263 g/mol. The number of nitro benzene ring substituents is 1. The van der Waals surface area contributed by atoms with E-state index >= 15 is 0 Å². The molecular weight excluding hydrogens is 250 g/mol. The van der Waals surface area contributed by atoms with Gasteiger partial charge in [-0.2, -0.15) is 0 Å². The largest absolute Gasteiger partial charge is 0.489 e. The second-order valence-electron chi connectivity index (χ2n) is 3.90. The van der Waals surface area contributed by atoms with Gasteiger partial charge in [0.2, 0.25) is 0 Å². The maximum Gasteiger partial charge on any atom is 0.328 e. The first-order valence-electron chi connectivity index (χ1n) is 5.37. The number of aliphatic carboxylic acids is 1. The Labute approximate surface area is 109 Å². The predicted octanol–water partition coefficient (Wildman–Crippen LogP) is 2.65. The highest BCUT2D eigenvalue weighted by Crippen LogP contribution is 2.25. The van der Waals surface area contributed by atoms with E-state index in [1.807, 2.05) is 0 Å². The molecule has 0 atom stereocenters. The third kappa shape index (κ3) is 4.63. The molecule has 0 aliphatic rings. The molecule has 0 aliphatic heterocycles. The lowest BCUT2D eigenvalue weighted by Crippen LogP contribution is -2.00. The van der Waals surface area contributed by atoms with Crippen LogP contribution >= 0.6 is 0 Å². The van der Waals surface area contributed by atoms with Crippen LogP contribution in [0.25, 0.3) is 6.08 Å². The summed E-state index contributed by atoms with van der Waals surface area (Å²) >= 11 is 0. The number of carboxylic acid groups (broad SMARTS) is 1. The van der Waals surface area contributed by atoms with Crippen molar-refractivity contribution < 1.29 is 19.6 Å². The number of ether oxygens (including phenoxy) is 1. The van der Waals surface area contributed by atoms with Crippen molar-refractivity contribution >= 4 is 17.7 Å². The van der Waals surface area contributed by atoms with Gasteiger partial charge in [-0.25, -0.2) is 4.79 Å². The molecule has 0 bridgehead atoms. The van der Waals surface area contributed by atoms with Gasteiger partial charge in [-0.1, -0.05) is 6.58 Å². The van der Waals surface area contributed by atoms with Crippen molar-refractivity contribution in [2.45, 2.75) is 6.92 Å². The summed E-state index contributed by atoms with van der Waals surface area (Å²) in [6, 6.07) is 3.99. The van der Waals surface area contributed by atoms with Gasteiger partial charge in [0.15, 0.2) is 0 Å². The van der Waals surface area contributed by atoms with E-state index in [0.29, 0.717) is 11.3 Å². The van der Waals surface area contributed by atoms with Crippen molar-refractivity contribution in [2.24, 2.45) is 0 Å². The molecule has 0 aromatic heterocycles. The van der Waals surface area contributed by atoms with E-state index in [9.17, 15) is 14.9 Å². The molecule has 0 saturated heterocycles. The van der Waals surface area contributed by atoms with Crippen LogP contribution < -0.4 is 4.74 Å². The van der Waals surface area contributed by atoms with E-state index in [-0.39, 0.29) is 12.3 Å². The molecule has 1 aromatic rings. The lowest BCUT2D eigenvalue weighted by Gasteiger charge is -2.08. The molecule has 100 valence electrons. The van der Waals surface area contributed by atoms with E-state index < -0.39 is 10.9 Å². The molecular formula is C13H13NO5. The number of rotatable bonds is 6. The maximum atomic E-state index is 10.7. The zero-order valence-corrected chi connectivity index (χ0v) is 10.3. The molecule has 19 heavy (non-hydrogen) atoms. The molecule has 0 aliphatic carbocycles. The maximum absolute atomic E-state index is 10.7. The van der Waals surface area contributed by atoms with Gasteiger partial charge >= 0.3 is 5.97 Å². The molecule has 6 heteroatoms. The van der Waals surface area contributed by atoms with Crippen LogP contribution in [0.1, 0.15) is 12.5 Å². The van der Waals surface area contributed by atoms with Gasteiger partial charge < -0.3 is 9.84 Å². The Balaban J connectivity index is 3.10. The van der Waals surface area contributed by atoms with Crippen molar-refractivity contribution in [1.29, 1.82) is 0 Å². The molecule has 1 rings (SSSR count). The van der Waals surface area contributed by atoms with Crippen molar-refractivity contribution in [2.75, 3.05) is 6.61 Å². The summed E-state index contributed by atoms with van der Waals surface area (Å²) in [7, 11) is 0. The molecule has 0 fully saturated rings. The number of hydrogen-bond acceptors (Lipinski definition) is 4. The summed E-state index contributed by atoms with van der Waals surface area (Å²) in [5, 5.41) is 19.3. The lowest BCUT2D eigenvalue weighted by molar-refractivity contribution is -0.384. The quantitative estimate of drug-likeness (QED) is 0.369. The van der Waals surface area contributed by atoms with Crippen LogP contribution in [0, 0.1) is 10.1 Å². The Morgan fingerprint density at radius 3 is 2.79 bits per heavy atom. The normalized spacial score (nSPS) is 10.4. The van der Waals surface area contributed by atoms with E-state index in [4.69, 9.17) is 9.84 Å². The second kappa shape index (κ2) is 6.34. The third-order valence-electron chi connectivity index (χ3n) is 2.08. The fourth-order valence-corrected chi connectivity index (χ4v) is 1.27. The Hall–Kier alpha value is -2.63. The van der Waals surface area contributed by atoms with E-state index in [2.05, 4.69) is 6.58 Å². The second-order valence-corrected chi connectivity index (χ2v) is 3.90. The summed E-state index contributed by atoms with van der Waals surface area (Å²) in [5.41, 5.74) is 0.983. The van der Waals surface area contributed by atoms with Gasteiger partial charge in [0, 0.05) is 23.8 Å². The van der Waals surface area contributed by atoms with Crippen molar-refractivity contribution in [3.8, 4) is 5.75 Å². The number of carbonyl (C=O) groups is 1. The summed E-state index contributed by atoms with van der Waals surface area (Å²) < 4.78 is 5.40. The topological polar surface area (TPSA) is 89.7 Å². The first kappa shape index (κ1) is 14.4. The van der Waals surface area contributed by atoms with Gasteiger partial charge in [0.05, 0.1) is 4.92 Å². The van der Waals surface area contributed by atoms with Crippen molar-refractivity contribution in [3.63, 3.8) is 0 Å². The summed E-state index contributed by atoms with van der Waals surface area (Å²) in [5.74, 6) is -0.775. The zero-order chi connectivity index (χ0) is 14.4. The van der Waals surface area contributed by atoms with Gasteiger partial charge in [-0.05, 0) is 24.6 Å². The third-order valence-corrected chi connectivity index (χ3v) is 2.08. The van der Waals surface area contributed by atoms with Crippen molar-refractivity contribution in [3.05, 3.63) is 52.1 Å². The summed E-state index contributed by atoms with van der Waals surface area (Å²) in [6.07, 6.45) is 2.15. The summed E-state index contributed by atoms with van der Waals surface area (Å²) in [6.45, 7) is 5.71. The van der Waals surface area contributed by atoms with Crippen LogP contribution in [0.15, 0.2) is 36.4 Å². The minimum absolute atomic E-state index is 0.132. The van der Waals surface area contributed by atoms with Crippen LogP contribution in [0.4, 0.5) is 5.69 Å². The minimum Gasteiger partial charge on any atom is -0.489 e. The Morgan fingerprint density at radius 2 is 2.26 bits per heavy atom. The highest BCUT2D eigenvalue weighted by atomic mass is 16.6. The molecule has 0 saturated carbocycles. The number of non-ortho nitro benzene ring substituents is 1. The molecule has 0 radical (unpaired) electrons. The van der Waals surface area contributed by atoms with Gasteiger partial charge in [0.25, 0.3) is 5.69 Å². The molecule has 1 N–H and O–H groups in total. The SMILES string of the molecule is C=C(C)COc1ccc([N+](=O)[O-])cc1/C=C/C(=O)O. The fraction of sp³-hybridized carbons (Fsp3) is 0.154. The standard InChI is InChI=1S/C13H13NO5/c1-9(2)8-19-12-5-4-11(14(17)18)7-10(12)3-6-13(15)16/h3-7H,1,8H2,2H3,(H,15,16)/b6-3+. The summed E-state index contributed by atoms with van der Waals surface area (Å²) in [4.78, 5) is 20.6. The van der Waals surface area contributed by atoms with E-state index in [1.165, 1.54) is 24.3 Å². The van der Waals surface area contributed by atoms with Gasteiger partial charge in [-0.15, -0.1) is 0 Å². The molecule has 0 heterocycles. The number of benzene rings is 1. The van der Waals surface area contributed by atoms with Crippen molar-refractivity contribution in [1.82, 2.24) is 0 Å². The fourth-order valence-electron chi connectivity index (χ4n) is 1.27. The van der Waals surface area contributed by atoms with Gasteiger partial charge in [-0.3, -0.25) is 10.1 Å². The first-order valence-corrected chi connectivity index (χ1v) is 5.37. The smallest absolute Gasteiger partial charge is 0.328 e. The highest BCUT2D eigenvalue weighted by molar-refractivity contribution is 5.86. The number of carboxylic acids is 1. The van der Waals surface area contributed by atoms with E-state index in [1.54, 1.807) is 6.92 Å². The van der Waals surface area contributed by atoms with Crippen LogP contribution in [-0.4, -0.2) is 22.6 Å². The first-order chi connectivity index (χ1) is 8.90. The predicted molar refractivity (Wildman–Crippen MR) is 70.1 cm³/mol. The molecule has 1 aromatic carbocycles. The van der Waals surface area contributed by atoms with Crippen LogP contribution in [0.2, 0.25) is 0 Å². The number of nitro groups is 1. The average Bonchev–Trinajstić information content (AvgIpc) is 2.33. The Morgan fingerprint density at radius 1 is 1.58 bits per heavy atom. The minimum atomic E-state index is -1.14. The average molecular weight is 263 g/mol.